The molecule has 0 bridgehead atoms. The van der Waals surface area contributed by atoms with Gasteiger partial charge in [-0.05, 0) is 36.4 Å². The van der Waals surface area contributed by atoms with Crippen molar-refractivity contribution in [3.63, 3.8) is 0 Å². The zero-order valence-corrected chi connectivity index (χ0v) is 15.8. The van der Waals surface area contributed by atoms with Gasteiger partial charge >= 0.3 is 0 Å². The molecule has 0 aliphatic carbocycles. The van der Waals surface area contributed by atoms with Crippen molar-refractivity contribution in [1.82, 2.24) is 9.29 Å². The van der Waals surface area contributed by atoms with Crippen LogP contribution in [0, 0.1) is 0 Å². The van der Waals surface area contributed by atoms with Gasteiger partial charge in [0.2, 0.25) is 10.0 Å². The fourth-order valence-corrected chi connectivity index (χ4v) is 3.86. The molecule has 0 aliphatic rings. The van der Waals surface area contributed by atoms with Crippen LogP contribution in [0.2, 0.25) is 0 Å². The van der Waals surface area contributed by atoms with Crippen molar-refractivity contribution in [3.8, 4) is 10.8 Å². The maximum absolute atomic E-state index is 12.4. The SMILES string of the molecule is CN(C)S(=O)(=O)c1cccc(C(=O)/C=C\c2csc(-c3ccco3)n2)c1. The molecule has 0 saturated heterocycles. The lowest BCUT2D eigenvalue weighted by Gasteiger charge is -2.11. The molecular weight excluding hydrogens is 372 g/mol. The molecule has 2 aromatic heterocycles. The minimum absolute atomic E-state index is 0.0792. The summed E-state index contributed by atoms with van der Waals surface area (Å²) >= 11 is 1.41. The van der Waals surface area contributed by atoms with Gasteiger partial charge in [0.15, 0.2) is 16.6 Å². The lowest BCUT2D eigenvalue weighted by Crippen LogP contribution is -2.22. The number of nitrogens with zero attached hydrogens (tertiary/aromatic N) is 2. The normalized spacial score (nSPS) is 12.1. The van der Waals surface area contributed by atoms with Crippen LogP contribution < -0.4 is 0 Å². The van der Waals surface area contributed by atoms with Crippen LogP contribution in [0.25, 0.3) is 16.8 Å². The Hall–Kier alpha value is -2.55. The second-order valence-electron chi connectivity index (χ2n) is 5.57. The Labute approximate surface area is 155 Å². The number of allylic oxidation sites excluding steroid dienone is 1. The number of hydrogen-bond donors (Lipinski definition) is 0. The number of thiazole rings is 1. The van der Waals surface area contributed by atoms with Crippen LogP contribution in [-0.2, 0) is 10.0 Å². The minimum Gasteiger partial charge on any atom is -0.462 e. The van der Waals surface area contributed by atoms with Gasteiger partial charge in [0.25, 0.3) is 0 Å². The van der Waals surface area contributed by atoms with E-state index in [4.69, 9.17) is 4.42 Å². The molecular formula is C18H16N2O4S2. The molecule has 0 fully saturated rings. The Bertz CT molecular complexity index is 1050. The topological polar surface area (TPSA) is 80.5 Å². The fraction of sp³-hybridized carbons (Fsp3) is 0.111. The molecule has 3 aromatic rings. The summed E-state index contributed by atoms with van der Waals surface area (Å²) in [4.78, 5) is 16.8. The number of ketones is 1. The van der Waals surface area contributed by atoms with E-state index in [9.17, 15) is 13.2 Å². The Morgan fingerprint density at radius 1 is 1.23 bits per heavy atom. The number of carbonyl (C=O) groups excluding carboxylic acids is 1. The molecule has 0 unspecified atom stereocenters. The highest BCUT2D eigenvalue weighted by Crippen LogP contribution is 2.24. The first-order chi connectivity index (χ1) is 12.4. The first-order valence-corrected chi connectivity index (χ1v) is 9.94. The van der Waals surface area contributed by atoms with Crippen molar-refractivity contribution < 1.29 is 17.6 Å². The number of furan rings is 1. The number of benzene rings is 1. The molecule has 0 spiro atoms. The lowest BCUT2D eigenvalue weighted by atomic mass is 10.1. The molecule has 1 aromatic carbocycles. The van der Waals surface area contributed by atoms with Gasteiger partial charge in [0.1, 0.15) is 0 Å². The monoisotopic (exact) mass is 388 g/mol. The zero-order chi connectivity index (χ0) is 18.7. The summed E-state index contributed by atoms with van der Waals surface area (Å²) in [5.41, 5.74) is 0.928. The van der Waals surface area contributed by atoms with Crippen molar-refractivity contribution in [2.45, 2.75) is 4.90 Å². The summed E-state index contributed by atoms with van der Waals surface area (Å²) in [6, 6.07) is 9.56. The third-order valence-corrected chi connectivity index (χ3v) is 6.24. The molecule has 2 heterocycles. The average molecular weight is 388 g/mol. The van der Waals surface area contributed by atoms with E-state index in [1.54, 1.807) is 30.5 Å². The predicted molar refractivity (Wildman–Crippen MR) is 100 cm³/mol. The Morgan fingerprint density at radius 2 is 2.04 bits per heavy atom. The molecule has 26 heavy (non-hydrogen) atoms. The quantitative estimate of drug-likeness (QED) is 0.476. The van der Waals surface area contributed by atoms with Crippen LogP contribution in [-0.4, -0.2) is 37.6 Å². The van der Waals surface area contributed by atoms with E-state index in [0.29, 0.717) is 17.0 Å². The summed E-state index contributed by atoms with van der Waals surface area (Å²) in [5, 5.41) is 2.54. The average Bonchev–Trinajstić information content (AvgIpc) is 3.31. The van der Waals surface area contributed by atoms with Crippen molar-refractivity contribution in [2.24, 2.45) is 0 Å². The molecule has 0 saturated carbocycles. The highest BCUT2D eigenvalue weighted by Gasteiger charge is 2.18. The van der Waals surface area contributed by atoms with Crippen molar-refractivity contribution in [2.75, 3.05) is 14.1 Å². The zero-order valence-electron chi connectivity index (χ0n) is 14.1. The molecule has 8 heteroatoms. The Kier molecular flexibility index (Phi) is 5.17. The van der Waals surface area contributed by atoms with E-state index < -0.39 is 10.0 Å². The molecule has 134 valence electrons. The van der Waals surface area contributed by atoms with E-state index in [1.165, 1.54) is 43.6 Å². The number of carbonyl (C=O) groups is 1. The van der Waals surface area contributed by atoms with Gasteiger partial charge in [0.05, 0.1) is 16.9 Å². The maximum Gasteiger partial charge on any atom is 0.242 e. The molecule has 6 nitrogen and oxygen atoms in total. The number of sulfonamides is 1. The van der Waals surface area contributed by atoms with Crippen LogP contribution >= 0.6 is 11.3 Å². The van der Waals surface area contributed by atoms with E-state index in [-0.39, 0.29) is 10.7 Å². The van der Waals surface area contributed by atoms with Crippen molar-refractivity contribution in [3.05, 3.63) is 65.4 Å². The summed E-state index contributed by atoms with van der Waals surface area (Å²) in [6.45, 7) is 0. The fourth-order valence-electron chi connectivity index (χ4n) is 2.15. The van der Waals surface area contributed by atoms with E-state index >= 15 is 0 Å². The first kappa shape index (κ1) is 18.2. The second kappa shape index (κ2) is 7.36. The molecule has 0 atom stereocenters. The molecule has 0 N–H and O–H groups in total. The van der Waals surface area contributed by atoms with Crippen molar-refractivity contribution in [1.29, 1.82) is 0 Å². The Morgan fingerprint density at radius 3 is 2.73 bits per heavy atom. The molecule has 0 amide bonds. The second-order valence-corrected chi connectivity index (χ2v) is 8.58. The first-order valence-electron chi connectivity index (χ1n) is 7.62. The third kappa shape index (κ3) is 3.82. The van der Waals surface area contributed by atoms with Crippen LogP contribution in [0.3, 0.4) is 0 Å². The third-order valence-electron chi connectivity index (χ3n) is 3.56. The predicted octanol–water partition coefficient (Wildman–Crippen LogP) is 3.55. The van der Waals surface area contributed by atoms with Gasteiger partial charge < -0.3 is 4.42 Å². The van der Waals surface area contributed by atoms with Crippen molar-refractivity contribution >= 4 is 33.2 Å². The smallest absolute Gasteiger partial charge is 0.242 e. The largest absolute Gasteiger partial charge is 0.462 e. The van der Waals surface area contributed by atoms with Gasteiger partial charge in [-0.2, -0.15) is 0 Å². The highest BCUT2D eigenvalue weighted by molar-refractivity contribution is 7.89. The van der Waals surface area contributed by atoms with E-state index in [0.717, 1.165) is 9.31 Å². The van der Waals surface area contributed by atoms with Gasteiger partial charge in [-0.1, -0.05) is 12.1 Å². The van der Waals surface area contributed by atoms with Crippen LogP contribution in [0.4, 0.5) is 0 Å². The van der Waals surface area contributed by atoms with Crippen LogP contribution in [0.1, 0.15) is 16.1 Å². The number of aromatic nitrogens is 1. The van der Waals surface area contributed by atoms with E-state index in [1.807, 2.05) is 11.4 Å². The maximum atomic E-state index is 12.4. The molecule has 3 rings (SSSR count). The summed E-state index contributed by atoms with van der Waals surface area (Å²) in [5.74, 6) is 0.371. The molecule has 0 aliphatic heterocycles. The summed E-state index contributed by atoms with van der Waals surface area (Å²) in [7, 11) is -0.692. The lowest BCUT2D eigenvalue weighted by molar-refractivity contribution is 0.104. The van der Waals surface area contributed by atoms with Gasteiger partial charge in [0, 0.05) is 25.0 Å². The van der Waals surface area contributed by atoms with Gasteiger partial charge in [-0.3, -0.25) is 4.79 Å². The Balaban J connectivity index is 1.79. The molecule has 0 radical (unpaired) electrons. The van der Waals surface area contributed by atoms with Crippen LogP contribution in [0.5, 0.6) is 0 Å². The van der Waals surface area contributed by atoms with Gasteiger partial charge in [-0.15, -0.1) is 11.3 Å². The number of rotatable bonds is 6. The van der Waals surface area contributed by atoms with Crippen LogP contribution in [0.15, 0.2) is 63.4 Å². The van der Waals surface area contributed by atoms with Gasteiger partial charge in [-0.25, -0.2) is 17.7 Å². The van der Waals surface area contributed by atoms with E-state index in [2.05, 4.69) is 4.98 Å². The minimum atomic E-state index is -3.59. The number of hydrogen-bond acceptors (Lipinski definition) is 6. The highest BCUT2D eigenvalue weighted by atomic mass is 32.2. The summed E-state index contributed by atoms with van der Waals surface area (Å²) in [6.07, 6.45) is 4.55. The summed E-state index contributed by atoms with van der Waals surface area (Å²) < 4.78 is 30.8. The standard InChI is InChI=1S/C18H16N2O4S2/c1-20(2)26(22,23)15-6-3-5-13(11-15)16(21)9-8-14-12-25-18(19-14)17-7-4-10-24-17/h3-12H,1-2H3/b9-8-.